The van der Waals surface area contributed by atoms with Crippen LogP contribution in [0.25, 0.3) is 0 Å². The second-order valence-corrected chi connectivity index (χ2v) is 5.88. The van der Waals surface area contributed by atoms with Gasteiger partial charge in [-0.25, -0.2) is 0 Å². The zero-order valence-corrected chi connectivity index (χ0v) is 11.6. The second kappa shape index (κ2) is 4.47. The van der Waals surface area contributed by atoms with E-state index in [1.54, 1.807) is 0 Å². The molecule has 3 rings (SSSR count). The van der Waals surface area contributed by atoms with Gasteiger partial charge in [-0.2, -0.15) is 0 Å². The minimum atomic E-state index is 0.153. The molecule has 2 atom stereocenters. The largest absolute Gasteiger partial charge is 0.118 e. The lowest BCUT2D eigenvalue weighted by Crippen LogP contribution is -1.95. The summed E-state index contributed by atoms with van der Waals surface area (Å²) in [7, 11) is 0. The number of rotatable bonds is 1. The molecule has 2 aromatic carbocycles. The van der Waals surface area contributed by atoms with Gasteiger partial charge in [0.15, 0.2) is 0 Å². The van der Waals surface area contributed by atoms with Crippen molar-refractivity contribution in [3.05, 3.63) is 69.7 Å². The summed E-state index contributed by atoms with van der Waals surface area (Å²) < 4.78 is 1.12. The van der Waals surface area contributed by atoms with Crippen LogP contribution in [-0.4, -0.2) is 0 Å². The molecule has 0 N–H and O–H groups in total. The van der Waals surface area contributed by atoms with Gasteiger partial charge in [0.25, 0.3) is 0 Å². The Hall–Kier alpha value is -0.790. The van der Waals surface area contributed by atoms with E-state index in [-0.39, 0.29) is 5.38 Å². The highest BCUT2D eigenvalue weighted by molar-refractivity contribution is 9.10. The van der Waals surface area contributed by atoms with E-state index in [1.165, 1.54) is 16.7 Å². The van der Waals surface area contributed by atoms with Gasteiger partial charge in [0.05, 0.1) is 5.38 Å². The highest BCUT2D eigenvalue weighted by Crippen LogP contribution is 2.46. The lowest BCUT2D eigenvalue weighted by Gasteiger charge is -2.11. The number of fused-ring (bicyclic) bond motifs is 1. The number of alkyl halides is 1. The molecule has 0 fully saturated rings. The first kappa shape index (κ1) is 11.3. The van der Waals surface area contributed by atoms with E-state index >= 15 is 0 Å². The molecule has 0 spiro atoms. The average Bonchev–Trinajstić information content (AvgIpc) is 2.69. The maximum atomic E-state index is 6.41. The SMILES string of the molecule is Cl[C@@H]1C[C@H](c2ccc(Br)cc2)c2ccccc21. The van der Waals surface area contributed by atoms with Crippen molar-refractivity contribution in [1.82, 2.24) is 0 Å². The summed E-state index contributed by atoms with van der Waals surface area (Å²) in [5.41, 5.74) is 4.03. The van der Waals surface area contributed by atoms with E-state index in [0.717, 1.165) is 10.9 Å². The Kier molecular flexibility index (Phi) is 2.97. The minimum Gasteiger partial charge on any atom is -0.118 e. The molecule has 0 heterocycles. The van der Waals surface area contributed by atoms with Gasteiger partial charge in [-0.15, -0.1) is 11.6 Å². The molecule has 0 saturated heterocycles. The first-order valence-electron chi connectivity index (χ1n) is 5.74. The zero-order valence-electron chi connectivity index (χ0n) is 9.24. The Balaban J connectivity index is 2.04. The van der Waals surface area contributed by atoms with E-state index < -0.39 is 0 Å². The molecule has 0 aromatic heterocycles. The Morgan fingerprint density at radius 3 is 2.29 bits per heavy atom. The summed E-state index contributed by atoms with van der Waals surface area (Å²) in [4.78, 5) is 0. The van der Waals surface area contributed by atoms with E-state index in [9.17, 15) is 0 Å². The van der Waals surface area contributed by atoms with E-state index in [4.69, 9.17) is 11.6 Å². The fourth-order valence-electron chi connectivity index (χ4n) is 2.59. The van der Waals surface area contributed by atoms with E-state index in [1.807, 2.05) is 0 Å². The van der Waals surface area contributed by atoms with Crippen molar-refractivity contribution in [3.63, 3.8) is 0 Å². The third kappa shape index (κ3) is 2.02. The van der Waals surface area contributed by atoms with Gasteiger partial charge < -0.3 is 0 Å². The second-order valence-electron chi connectivity index (χ2n) is 4.44. The third-order valence-electron chi connectivity index (χ3n) is 3.42. The molecular formula is C15H12BrCl. The Morgan fingerprint density at radius 2 is 1.59 bits per heavy atom. The van der Waals surface area contributed by atoms with Crippen LogP contribution in [0, 0.1) is 0 Å². The standard InChI is InChI=1S/C15H12BrCl/c16-11-7-5-10(6-8-11)14-9-15(17)13-4-2-1-3-12(13)14/h1-8,14-15H,9H2/t14-,15-/m1/s1. The molecule has 0 bridgehead atoms. The number of benzene rings is 2. The molecule has 1 aliphatic rings. The minimum absolute atomic E-state index is 0.153. The predicted octanol–water partition coefficient (Wildman–Crippen LogP) is 5.26. The van der Waals surface area contributed by atoms with Crippen LogP contribution in [0.1, 0.15) is 34.4 Å². The number of hydrogen-bond acceptors (Lipinski definition) is 0. The van der Waals surface area contributed by atoms with Crippen LogP contribution in [0.3, 0.4) is 0 Å². The summed E-state index contributed by atoms with van der Waals surface area (Å²) in [5.74, 6) is 0.446. The van der Waals surface area contributed by atoms with Gasteiger partial charge in [-0.05, 0) is 35.2 Å². The van der Waals surface area contributed by atoms with Crippen molar-refractivity contribution in [3.8, 4) is 0 Å². The van der Waals surface area contributed by atoms with Crippen LogP contribution in [0.4, 0.5) is 0 Å². The summed E-state index contributed by atoms with van der Waals surface area (Å²) in [5, 5.41) is 0.153. The molecule has 2 heteroatoms. The average molecular weight is 308 g/mol. The molecule has 0 amide bonds. The predicted molar refractivity (Wildman–Crippen MR) is 75.6 cm³/mol. The quantitative estimate of drug-likeness (QED) is 0.630. The third-order valence-corrected chi connectivity index (χ3v) is 4.37. The summed E-state index contributed by atoms with van der Waals surface area (Å²) in [6.07, 6.45) is 1.00. The number of hydrogen-bond donors (Lipinski definition) is 0. The molecule has 0 radical (unpaired) electrons. The zero-order chi connectivity index (χ0) is 11.8. The first-order chi connectivity index (χ1) is 8.25. The molecule has 0 unspecified atom stereocenters. The molecule has 0 nitrogen and oxygen atoms in total. The lowest BCUT2D eigenvalue weighted by atomic mass is 9.93. The van der Waals surface area contributed by atoms with Gasteiger partial charge >= 0.3 is 0 Å². The maximum Gasteiger partial charge on any atom is 0.0597 e. The monoisotopic (exact) mass is 306 g/mol. The molecule has 2 aromatic rings. The van der Waals surface area contributed by atoms with Crippen LogP contribution in [0.5, 0.6) is 0 Å². The van der Waals surface area contributed by atoms with E-state index in [0.29, 0.717) is 5.92 Å². The van der Waals surface area contributed by atoms with Crippen molar-refractivity contribution in [2.24, 2.45) is 0 Å². The molecule has 0 aliphatic heterocycles. The van der Waals surface area contributed by atoms with Crippen LogP contribution in [0.2, 0.25) is 0 Å². The highest BCUT2D eigenvalue weighted by Gasteiger charge is 2.29. The summed E-state index contributed by atoms with van der Waals surface area (Å²) in [6, 6.07) is 17.1. The lowest BCUT2D eigenvalue weighted by molar-refractivity contribution is 0.771. The van der Waals surface area contributed by atoms with Crippen molar-refractivity contribution in [2.45, 2.75) is 17.7 Å². The molecule has 0 saturated carbocycles. The van der Waals surface area contributed by atoms with Crippen LogP contribution < -0.4 is 0 Å². The molecule has 17 heavy (non-hydrogen) atoms. The first-order valence-corrected chi connectivity index (χ1v) is 6.97. The Bertz CT molecular complexity index is 533. The molecule has 86 valence electrons. The van der Waals surface area contributed by atoms with Crippen molar-refractivity contribution in [1.29, 1.82) is 0 Å². The highest BCUT2D eigenvalue weighted by atomic mass is 79.9. The smallest absolute Gasteiger partial charge is 0.0597 e. The maximum absolute atomic E-state index is 6.41. The topological polar surface area (TPSA) is 0 Å². The van der Waals surface area contributed by atoms with Crippen molar-refractivity contribution >= 4 is 27.5 Å². The van der Waals surface area contributed by atoms with Crippen molar-refractivity contribution in [2.75, 3.05) is 0 Å². The fourth-order valence-corrected chi connectivity index (χ4v) is 3.23. The Labute approximate surface area is 115 Å². The normalized spacial score (nSPS) is 22.5. The van der Waals surface area contributed by atoms with E-state index in [2.05, 4.69) is 64.5 Å². The fraction of sp³-hybridized carbons (Fsp3) is 0.200. The Morgan fingerprint density at radius 1 is 0.941 bits per heavy atom. The van der Waals surface area contributed by atoms with Gasteiger partial charge in [0.2, 0.25) is 0 Å². The van der Waals surface area contributed by atoms with Crippen molar-refractivity contribution < 1.29 is 0 Å². The van der Waals surface area contributed by atoms with Crippen LogP contribution in [-0.2, 0) is 0 Å². The van der Waals surface area contributed by atoms with Gasteiger partial charge in [-0.1, -0.05) is 52.3 Å². The van der Waals surface area contributed by atoms with Crippen LogP contribution >= 0.6 is 27.5 Å². The number of halogens is 2. The summed E-state index contributed by atoms with van der Waals surface area (Å²) in [6.45, 7) is 0. The molecule has 1 aliphatic carbocycles. The van der Waals surface area contributed by atoms with Gasteiger partial charge in [0.1, 0.15) is 0 Å². The van der Waals surface area contributed by atoms with Gasteiger partial charge in [-0.3, -0.25) is 0 Å². The van der Waals surface area contributed by atoms with Gasteiger partial charge in [0, 0.05) is 10.4 Å². The summed E-state index contributed by atoms with van der Waals surface area (Å²) >= 11 is 9.88. The molecular weight excluding hydrogens is 296 g/mol. The van der Waals surface area contributed by atoms with Crippen LogP contribution in [0.15, 0.2) is 53.0 Å².